The van der Waals surface area contributed by atoms with E-state index in [0.29, 0.717) is 11.3 Å². The molecular weight excluding hydrogens is 302 g/mol. The summed E-state index contributed by atoms with van der Waals surface area (Å²) in [7, 11) is 0. The minimum atomic E-state index is -0.404. The van der Waals surface area contributed by atoms with Gasteiger partial charge < -0.3 is 0 Å². The van der Waals surface area contributed by atoms with E-state index in [1.165, 1.54) is 6.07 Å². The van der Waals surface area contributed by atoms with Crippen molar-refractivity contribution in [1.29, 1.82) is 0 Å². The van der Waals surface area contributed by atoms with E-state index >= 15 is 0 Å². The van der Waals surface area contributed by atoms with E-state index in [9.17, 15) is 10.1 Å². The van der Waals surface area contributed by atoms with Crippen LogP contribution in [-0.2, 0) is 0 Å². The molecule has 0 saturated heterocycles. The van der Waals surface area contributed by atoms with Crippen LogP contribution in [0.1, 0.15) is 18.1 Å². The van der Waals surface area contributed by atoms with Crippen molar-refractivity contribution in [2.24, 2.45) is 10.2 Å². The third-order valence-corrected chi connectivity index (χ3v) is 3.09. The Morgan fingerprint density at radius 1 is 1.04 bits per heavy atom. The van der Waals surface area contributed by atoms with Gasteiger partial charge in [0.05, 0.1) is 16.2 Å². The first-order valence-electron chi connectivity index (χ1n) is 7.37. The summed E-state index contributed by atoms with van der Waals surface area (Å²) in [5, 5.41) is 18.9. The van der Waals surface area contributed by atoms with Crippen molar-refractivity contribution in [3.63, 3.8) is 0 Å². The van der Waals surface area contributed by atoms with Crippen molar-refractivity contribution in [1.82, 2.24) is 0 Å². The maximum atomic E-state index is 10.9. The van der Waals surface area contributed by atoms with E-state index in [4.69, 9.17) is 0 Å². The molecule has 2 rings (SSSR count). The van der Waals surface area contributed by atoms with Crippen molar-refractivity contribution < 1.29 is 4.92 Å². The van der Waals surface area contributed by atoms with Crippen LogP contribution in [0.3, 0.4) is 0 Å². The van der Waals surface area contributed by atoms with Gasteiger partial charge in [-0.25, -0.2) is 0 Å². The lowest BCUT2D eigenvalue weighted by Crippen LogP contribution is -1.91. The van der Waals surface area contributed by atoms with E-state index in [0.717, 1.165) is 5.56 Å². The molecule has 0 radical (unpaired) electrons. The van der Waals surface area contributed by atoms with Crippen molar-refractivity contribution >= 4 is 29.8 Å². The van der Waals surface area contributed by atoms with Crippen molar-refractivity contribution in [2.75, 3.05) is 0 Å². The maximum absolute atomic E-state index is 10.9. The molecule has 24 heavy (non-hydrogen) atoms. The molecule has 0 aliphatic rings. The molecule has 0 aliphatic carbocycles. The van der Waals surface area contributed by atoms with Crippen LogP contribution in [-0.4, -0.2) is 16.8 Å². The molecule has 2 aromatic rings. The predicted octanol–water partition coefficient (Wildman–Crippen LogP) is 4.77. The van der Waals surface area contributed by atoms with Crippen LogP contribution >= 0.6 is 0 Å². The first-order valence-corrected chi connectivity index (χ1v) is 7.37. The van der Waals surface area contributed by atoms with Crippen molar-refractivity contribution in [3.05, 3.63) is 88.0 Å². The summed E-state index contributed by atoms with van der Waals surface area (Å²) in [6.45, 7) is 1.78. The summed E-state index contributed by atoms with van der Waals surface area (Å²) in [4.78, 5) is 10.5. The highest BCUT2D eigenvalue weighted by Crippen LogP contribution is 2.18. The minimum absolute atomic E-state index is 0.0656. The fraction of sp³-hybridized carbons (Fsp3) is 0.0526. The fourth-order valence-electron chi connectivity index (χ4n) is 1.92. The van der Waals surface area contributed by atoms with Gasteiger partial charge in [-0.15, -0.1) is 0 Å². The zero-order valence-corrected chi connectivity index (χ0v) is 13.2. The molecule has 5 nitrogen and oxygen atoms in total. The predicted molar refractivity (Wildman–Crippen MR) is 99.2 cm³/mol. The third kappa shape index (κ3) is 5.46. The Kier molecular flexibility index (Phi) is 6.35. The summed E-state index contributed by atoms with van der Waals surface area (Å²) < 4.78 is 0. The standard InChI is InChI=1S/C19H17N3O2/c1-16(13-14-18-11-5-6-12-19(18)22(23)24)21-20-15-7-10-17-8-3-2-4-9-17/h2-15H,1H3/b10-7?,14-13+,20-15+,21-16+. The normalized spacial score (nSPS) is 12.5. The Hall–Kier alpha value is -3.34. The lowest BCUT2D eigenvalue weighted by atomic mass is 10.1. The first kappa shape index (κ1) is 17.0. The van der Waals surface area contributed by atoms with E-state index < -0.39 is 4.92 Å². The molecule has 0 N–H and O–H groups in total. The topological polar surface area (TPSA) is 67.9 Å². The van der Waals surface area contributed by atoms with Crippen LogP contribution in [0.5, 0.6) is 0 Å². The lowest BCUT2D eigenvalue weighted by molar-refractivity contribution is -0.385. The average Bonchev–Trinajstić information content (AvgIpc) is 2.60. The smallest absolute Gasteiger partial charge is 0.258 e. The van der Waals surface area contributed by atoms with Crippen molar-refractivity contribution in [3.8, 4) is 0 Å². The van der Waals surface area contributed by atoms with Crippen LogP contribution in [0.2, 0.25) is 0 Å². The molecule has 0 atom stereocenters. The monoisotopic (exact) mass is 319 g/mol. The summed E-state index contributed by atoms with van der Waals surface area (Å²) in [6.07, 6.45) is 8.68. The number of para-hydroxylation sites is 1. The van der Waals surface area contributed by atoms with Crippen LogP contribution in [0, 0.1) is 10.1 Å². The summed E-state index contributed by atoms with van der Waals surface area (Å²) in [5.41, 5.74) is 2.33. The van der Waals surface area contributed by atoms with Gasteiger partial charge in [-0.2, -0.15) is 10.2 Å². The summed E-state index contributed by atoms with van der Waals surface area (Å²) in [6, 6.07) is 16.4. The summed E-state index contributed by atoms with van der Waals surface area (Å²) >= 11 is 0. The number of allylic oxidation sites excluding steroid dienone is 2. The minimum Gasteiger partial charge on any atom is -0.258 e. The molecule has 0 heterocycles. The number of hydrogen-bond donors (Lipinski definition) is 0. The second-order valence-corrected chi connectivity index (χ2v) is 4.92. The van der Waals surface area contributed by atoms with Crippen LogP contribution < -0.4 is 0 Å². The van der Waals surface area contributed by atoms with Gasteiger partial charge in [0.25, 0.3) is 5.69 Å². The van der Waals surface area contributed by atoms with Crippen molar-refractivity contribution in [2.45, 2.75) is 6.92 Å². The highest BCUT2D eigenvalue weighted by molar-refractivity contribution is 5.97. The summed E-state index contributed by atoms with van der Waals surface area (Å²) in [5.74, 6) is 0. The van der Waals surface area contributed by atoms with E-state index in [-0.39, 0.29) is 5.69 Å². The second kappa shape index (κ2) is 8.95. The first-order chi connectivity index (χ1) is 11.7. The van der Waals surface area contributed by atoms with E-state index in [2.05, 4.69) is 10.2 Å². The number of nitro groups is 1. The molecule has 120 valence electrons. The van der Waals surface area contributed by atoms with Crippen LogP contribution in [0.15, 0.2) is 77.0 Å². The molecular formula is C19H17N3O2. The molecule has 5 heteroatoms. The Labute approximate surface area is 140 Å². The third-order valence-electron chi connectivity index (χ3n) is 3.09. The van der Waals surface area contributed by atoms with Gasteiger partial charge in [-0.1, -0.05) is 48.5 Å². The quantitative estimate of drug-likeness (QED) is 0.437. The molecule has 0 aromatic heterocycles. The van der Waals surface area contributed by atoms with Gasteiger partial charge in [0.15, 0.2) is 0 Å². The zero-order valence-electron chi connectivity index (χ0n) is 13.2. The van der Waals surface area contributed by atoms with Gasteiger partial charge in [0, 0.05) is 12.3 Å². The number of nitro benzene ring substituents is 1. The zero-order chi connectivity index (χ0) is 17.2. The largest absolute Gasteiger partial charge is 0.276 e. The molecule has 2 aromatic carbocycles. The van der Waals surface area contributed by atoms with Gasteiger partial charge in [0.2, 0.25) is 0 Å². The fourth-order valence-corrected chi connectivity index (χ4v) is 1.92. The Balaban J connectivity index is 1.98. The van der Waals surface area contributed by atoms with Gasteiger partial charge in [0.1, 0.15) is 0 Å². The Bertz CT molecular complexity index is 806. The number of rotatable bonds is 6. The highest BCUT2D eigenvalue weighted by Gasteiger charge is 2.08. The Morgan fingerprint density at radius 2 is 1.75 bits per heavy atom. The molecule has 0 unspecified atom stereocenters. The molecule has 0 amide bonds. The Morgan fingerprint density at radius 3 is 2.50 bits per heavy atom. The maximum Gasteiger partial charge on any atom is 0.276 e. The molecule has 0 aliphatic heterocycles. The molecule has 0 spiro atoms. The van der Waals surface area contributed by atoms with Crippen LogP contribution in [0.4, 0.5) is 5.69 Å². The second-order valence-electron chi connectivity index (χ2n) is 4.92. The number of benzene rings is 2. The lowest BCUT2D eigenvalue weighted by Gasteiger charge is -1.96. The SMILES string of the molecule is CC(/C=C/c1ccccc1[N+](=O)[O-])=N\N=C\C=Cc1ccccc1. The molecule has 0 fully saturated rings. The molecule has 0 bridgehead atoms. The number of nitrogens with zero attached hydrogens (tertiary/aromatic N) is 3. The molecule has 0 saturated carbocycles. The van der Waals surface area contributed by atoms with E-state index in [1.807, 2.05) is 36.4 Å². The highest BCUT2D eigenvalue weighted by atomic mass is 16.6. The number of hydrogen-bond acceptors (Lipinski definition) is 4. The van der Waals surface area contributed by atoms with E-state index in [1.54, 1.807) is 49.6 Å². The average molecular weight is 319 g/mol. The van der Waals surface area contributed by atoms with Crippen LogP contribution in [0.25, 0.3) is 12.2 Å². The van der Waals surface area contributed by atoms with Gasteiger partial charge in [-0.3, -0.25) is 10.1 Å². The van der Waals surface area contributed by atoms with Gasteiger partial charge >= 0.3 is 0 Å². The van der Waals surface area contributed by atoms with Gasteiger partial charge in [-0.05, 0) is 36.8 Å².